The number of carbonyl (C=O) groups excluding carboxylic acids is 5. The predicted molar refractivity (Wildman–Crippen MR) is 191 cm³/mol. The molecule has 2 aliphatic rings. The summed E-state index contributed by atoms with van der Waals surface area (Å²) in [5, 5.41) is 0.313. The number of fused-ring (bicyclic) bond motifs is 2. The molecule has 1 saturated carbocycles. The highest BCUT2D eigenvalue weighted by atomic mass is 35.5. The van der Waals surface area contributed by atoms with Gasteiger partial charge in [0.2, 0.25) is 5.91 Å². The van der Waals surface area contributed by atoms with Crippen molar-refractivity contribution >= 4 is 47.1 Å². The second-order valence-corrected chi connectivity index (χ2v) is 13.3. The van der Waals surface area contributed by atoms with Crippen LogP contribution in [0, 0.1) is 17.3 Å². The lowest BCUT2D eigenvalue weighted by molar-refractivity contribution is -0.185. The smallest absolute Gasteiger partial charge is 0.324 e. The van der Waals surface area contributed by atoms with Crippen molar-refractivity contribution in [2.75, 3.05) is 18.6 Å². The van der Waals surface area contributed by atoms with Crippen LogP contribution in [-0.2, 0) is 68.1 Å². The molecular weight excluding hydrogens is 686 g/mol. The SMILES string of the molecule is CCOC(=O)[C@@H]1C(C(=O)OCc2ccccc2)(C(=O)OCc2ccccc2)C[C@H](CC(=O)OC)[C@@]12C(=O)N(Cc1ccccc1)c1cc(Cl)ccc12. The maximum atomic E-state index is 15.4. The fraction of sp³-hybridized carbons (Fsp3) is 0.293. The van der Waals surface area contributed by atoms with E-state index in [9.17, 15) is 19.2 Å². The third-order valence-corrected chi connectivity index (χ3v) is 10.2. The van der Waals surface area contributed by atoms with Crippen LogP contribution in [0.2, 0.25) is 5.02 Å². The fourth-order valence-electron chi connectivity index (χ4n) is 7.73. The summed E-state index contributed by atoms with van der Waals surface area (Å²) in [6.45, 7) is 1.05. The minimum absolute atomic E-state index is 0.0686. The first kappa shape index (κ1) is 36.3. The first-order chi connectivity index (χ1) is 25.2. The summed E-state index contributed by atoms with van der Waals surface area (Å²) < 4.78 is 22.5. The van der Waals surface area contributed by atoms with Crippen molar-refractivity contribution in [3.8, 4) is 0 Å². The third-order valence-electron chi connectivity index (χ3n) is 9.96. The molecule has 1 aliphatic heterocycles. The van der Waals surface area contributed by atoms with Crippen molar-refractivity contribution in [1.82, 2.24) is 0 Å². The minimum atomic E-state index is -2.43. The zero-order chi connectivity index (χ0) is 36.9. The maximum absolute atomic E-state index is 15.4. The largest absolute Gasteiger partial charge is 0.469 e. The van der Waals surface area contributed by atoms with E-state index in [1.165, 1.54) is 12.0 Å². The molecule has 6 rings (SSSR count). The van der Waals surface area contributed by atoms with Crippen molar-refractivity contribution in [2.45, 2.75) is 44.9 Å². The molecule has 1 aliphatic carbocycles. The van der Waals surface area contributed by atoms with E-state index in [0.29, 0.717) is 27.4 Å². The standard InChI is InChI=1S/C41H38ClNO9/c1-3-50-36(45)35-40(38(47)51-25-28-15-9-5-10-16-28,39(48)52-26-29-17-11-6-12-18-29)23-30(21-34(44)49-2)41(35)32-20-19-31(42)22-33(32)43(37(41)46)24-27-13-7-4-8-14-27/h4-20,22,30,35H,3,21,23-26H2,1-2H3/t30-,35+,41-/m0/s1. The molecule has 3 atom stereocenters. The monoisotopic (exact) mass is 723 g/mol. The number of hydrogen-bond donors (Lipinski definition) is 0. The Labute approximate surface area is 306 Å². The lowest BCUT2D eigenvalue weighted by Gasteiger charge is -2.37. The van der Waals surface area contributed by atoms with E-state index < -0.39 is 65.3 Å². The first-order valence-corrected chi connectivity index (χ1v) is 17.4. The average molecular weight is 724 g/mol. The van der Waals surface area contributed by atoms with Gasteiger partial charge >= 0.3 is 23.9 Å². The Balaban J connectivity index is 1.57. The van der Waals surface area contributed by atoms with Crippen molar-refractivity contribution in [3.63, 3.8) is 0 Å². The lowest BCUT2D eigenvalue weighted by Crippen LogP contribution is -2.56. The van der Waals surface area contributed by atoms with E-state index in [-0.39, 0.29) is 26.4 Å². The summed E-state index contributed by atoms with van der Waals surface area (Å²) in [5.74, 6) is -7.39. The zero-order valence-electron chi connectivity index (χ0n) is 28.8. The van der Waals surface area contributed by atoms with Gasteiger partial charge in [-0.05, 0) is 53.6 Å². The average Bonchev–Trinajstić information content (AvgIpc) is 3.59. The number of carbonyl (C=O) groups is 5. The third kappa shape index (κ3) is 6.54. The van der Waals surface area contributed by atoms with Crippen LogP contribution in [0.5, 0.6) is 0 Å². The van der Waals surface area contributed by atoms with Gasteiger partial charge in [-0.3, -0.25) is 24.0 Å². The van der Waals surface area contributed by atoms with Crippen LogP contribution in [0.15, 0.2) is 109 Å². The Hall–Kier alpha value is -5.48. The van der Waals surface area contributed by atoms with Gasteiger partial charge in [0.05, 0.1) is 25.7 Å². The molecule has 268 valence electrons. The second kappa shape index (κ2) is 15.4. The summed E-state index contributed by atoms with van der Waals surface area (Å²) in [4.78, 5) is 74.3. The molecule has 0 N–H and O–H groups in total. The Morgan fingerprint density at radius 2 is 1.31 bits per heavy atom. The lowest BCUT2D eigenvalue weighted by atomic mass is 9.63. The normalized spacial score (nSPS) is 19.9. The number of hydrogen-bond acceptors (Lipinski definition) is 9. The van der Waals surface area contributed by atoms with Gasteiger partial charge in [-0.15, -0.1) is 0 Å². The number of benzene rings is 4. The van der Waals surface area contributed by atoms with Crippen LogP contribution in [0.1, 0.15) is 42.0 Å². The van der Waals surface area contributed by atoms with Crippen molar-refractivity contribution in [1.29, 1.82) is 0 Å². The molecule has 11 heteroatoms. The van der Waals surface area contributed by atoms with Crippen LogP contribution in [-0.4, -0.2) is 43.5 Å². The molecule has 0 saturated heterocycles. The molecule has 1 fully saturated rings. The molecule has 1 heterocycles. The van der Waals surface area contributed by atoms with Gasteiger partial charge in [0.1, 0.15) is 19.1 Å². The number of rotatable bonds is 12. The number of amides is 1. The number of anilines is 1. The molecular formula is C41H38ClNO9. The number of methoxy groups -OCH3 is 1. The van der Waals surface area contributed by atoms with E-state index in [2.05, 4.69) is 0 Å². The molecule has 4 aromatic carbocycles. The molecule has 0 aromatic heterocycles. The molecule has 1 spiro atoms. The summed E-state index contributed by atoms with van der Waals surface area (Å²) >= 11 is 6.53. The van der Waals surface area contributed by atoms with Crippen LogP contribution in [0.4, 0.5) is 5.69 Å². The van der Waals surface area contributed by atoms with Crippen LogP contribution in [0.25, 0.3) is 0 Å². The van der Waals surface area contributed by atoms with E-state index >= 15 is 4.79 Å². The fourth-order valence-corrected chi connectivity index (χ4v) is 7.90. The number of halogens is 1. The van der Waals surface area contributed by atoms with E-state index in [0.717, 1.165) is 5.56 Å². The Morgan fingerprint density at radius 3 is 1.83 bits per heavy atom. The van der Waals surface area contributed by atoms with Crippen molar-refractivity contribution < 1.29 is 42.9 Å². The van der Waals surface area contributed by atoms with Gasteiger partial charge in [0.15, 0.2) is 5.41 Å². The summed E-state index contributed by atoms with van der Waals surface area (Å²) in [5.41, 5.74) is -1.70. The summed E-state index contributed by atoms with van der Waals surface area (Å²) in [6, 6.07) is 31.6. The number of esters is 4. The van der Waals surface area contributed by atoms with E-state index in [1.54, 1.807) is 85.8 Å². The second-order valence-electron chi connectivity index (χ2n) is 12.9. The highest BCUT2D eigenvalue weighted by Gasteiger charge is 2.78. The zero-order valence-corrected chi connectivity index (χ0v) is 29.5. The quantitative estimate of drug-likeness (QED) is 0.0933. The van der Waals surface area contributed by atoms with Gasteiger partial charge in [0.25, 0.3) is 0 Å². The predicted octanol–water partition coefficient (Wildman–Crippen LogP) is 6.36. The molecule has 0 unspecified atom stereocenters. The van der Waals surface area contributed by atoms with Gasteiger partial charge in [-0.1, -0.05) is 109 Å². The summed E-state index contributed by atoms with van der Waals surface area (Å²) in [7, 11) is 1.20. The van der Waals surface area contributed by atoms with Crippen molar-refractivity contribution in [3.05, 3.63) is 136 Å². The van der Waals surface area contributed by atoms with Crippen LogP contribution >= 0.6 is 11.6 Å². The Kier molecular flexibility index (Phi) is 10.8. The highest BCUT2D eigenvalue weighted by Crippen LogP contribution is 2.66. The summed E-state index contributed by atoms with van der Waals surface area (Å²) in [6.07, 6.45) is -0.876. The van der Waals surface area contributed by atoms with Gasteiger partial charge in [-0.2, -0.15) is 0 Å². The molecule has 0 radical (unpaired) electrons. The minimum Gasteiger partial charge on any atom is -0.469 e. The van der Waals surface area contributed by atoms with Crippen LogP contribution < -0.4 is 4.90 Å². The molecule has 4 aromatic rings. The van der Waals surface area contributed by atoms with Crippen LogP contribution in [0.3, 0.4) is 0 Å². The van der Waals surface area contributed by atoms with Gasteiger partial charge < -0.3 is 23.8 Å². The first-order valence-electron chi connectivity index (χ1n) is 17.0. The molecule has 0 bridgehead atoms. The van der Waals surface area contributed by atoms with Crippen molar-refractivity contribution in [2.24, 2.45) is 17.3 Å². The molecule has 52 heavy (non-hydrogen) atoms. The maximum Gasteiger partial charge on any atom is 0.324 e. The van der Waals surface area contributed by atoms with Gasteiger partial charge in [0, 0.05) is 17.1 Å². The molecule has 10 nitrogen and oxygen atoms in total. The van der Waals surface area contributed by atoms with Gasteiger partial charge in [-0.25, -0.2) is 0 Å². The topological polar surface area (TPSA) is 126 Å². The Bertz CT molecular complexity index is 1900. The van der Waals surface area contributed by atoms with E-state index in [4.69, 9.17) is 30.5 Å². The molecule has 1 amide bonds. The van der Waals surface area contributed by atoms with E-state index in [1.807, 2.05) is 30.3 Å². The number of nitrogens with zero attached hydrogens (tertiary/aromatic N) is 1. The Morgan fingerprint density at radius 1 is 0.769 bits per heavy atom. The number of ether oxygens (including phenoxy) is 4. The highest BCUT2D eigenvalue weighted by molar-refractivity contribution is 6.31.